The van der Waals surface area contributed by atoms with E-state index < -0.39 is 17.8 Å². The van der Waals surface area contributed by atoms with Gasteiger partial charge in [-0.15, -0.1) is 0 Å². The van der Waals surface area contributed by atoms with Gasteiger partial charge in [-0.25, -0.2) is 13.2 Å². The summed E-state index contributed by atoms with van der Waals surface area (Å²) in [5.74, 6) is 0.340. The van der Waals surface area contributed by atoms with Crippen LogP contribution in [-0.2, 0) is 0 Å². The maximum absolute atomic E-state index is 14.1. The maximum Gasteiger partial charge on any atom is 0.129 e. The lowest BCUT2D eigenvalue weighted by molar-refractivity contribution is 0.212. The number of nitrogens with zero attached hydrogens (tertiary/aromatic N) is 1. The largest absolute Gasteiger partial charge is 0.297 e. The van der Waals surface area contributed by atoms with Crippen LogP contribution in [0.15, 0.2) is 18.2 Å². The van der Waals surface area contributed by atoms with Gasteiger partial charge in [0, 0.05) is 30.6 Å². The Labute approximate surface area is 148 Å². The Bertz CT molecular complexity index is 642. The lowest BCUT2D eigenvalue weighted by atomic mass is 9.94. The van der Waals surface area contributed by atoms with Crippen LogP contribution >= 0.6 is 0 Å². The molecule has 3 unspecified atom stereocenters. The molecule has 2 saturated carbocycles. The van der Waals surface area contributed by atoms with Crippen molar-refractivity contribution in [2.45, 2.75) is 64.1 Å². The SMILES string of the molecule is CC(CCC(C)N1CC(F)C2(CC2)C1)[C@H]1C[C@@H]1c1ccc(F)cc1F. The molecular weight excluding hydrogens is 323 g/mol. The number of halogens is 3. The predicted octanol–water partition coefficient (Wildman–Crippen LogP) is 5.31. The summed E-state index contributed by atoms with van der Waals surface area (Å²) in [4.78, 5) is 2.33. The minimum atomic E-state index is -0.637. The van der Waals surface area contributed by atoms with Crippen LogP contribution in [0, 0.1) is 28.9 Å². The van der Waals surface area contributed by atoms with Crippen molar-refractivity contribution in [1.82, 2.24) is 4.90 Å². The molecule has 0 bridgehead atoms. The van der Waals surface area contributed by atoms with Crippen molar-refractivity contribution < 1.29 is 13.2 Å². The standard InChI is InChI=1S/C21H28F3N/c1-13(17-10-18(17)16-6-5-15(22)9-19(16)23)3-4-14(2)25-11-20(24)21(12-25)7-8-21/h5-6,9,13-14,17-18,20H,3-4,7-8,10-12H2,1-2H3/t13?,14?,17-,18-,20?/m1/s1. The van der Waals surface area contributed by atoms with Crippen LogP contribution in [0.4, 0.5) is 13.2 Å². The summed E-state index contributed by atoms with van der Waals surface area (Å²) >= 11 is 0. The number of alkyl halides is 1. The molecule has 138 valence electrons. The third kappa shape index (κ3) is 3.34. The minimum Gasteiger partial charge on any atom is -0.297 e. The fraction of sp³-hybridized carbons (Fsp3) is 0.714. The highest BCUT2D eigenvalue weighted by Crippen LogP contribution is 2.55. The lowest BCUT2D eigenvalue weighted by Crippen LogP contribution is -2.32. The van der Waals surface area contributed by atoms with E-state index in [4.69, 9.17) is 0 Å². The molecular formula is C21H28F3N. The van der Waals surface area contributed by atoms with Gasteiger partial charge in [-0.05, 0) is 68.4 Å². The molecule has 0 N–H and O–H groups in total. The molecule has 1 spiro atoms. The first kappa shape index (κ1) is 17.4. The summed E-state index contributed by atoms with van der Waals surface area (Å²) in [5, 5.41) is 0. The quantitative estimate of drug-likeness (QED) is 0.671. The Morgan fingerprint density at radius 2 is 1.96 bits per heavy atom. The van der Waals surface area contributed by atoms with Crippen molar-refractivity contribution in [3.05, 3.63) is 35.4 Å². The molecule has 0 aromatic heterocycles. The second-order valence-corrected chi connectivity index (χ2v) is 8.83. The first-order valence-corrected chi connectivity index (χ1v) is 9.73. The number of hydrogen-bond donors (Lipinski definition) is 0. The molecule has 1 aromatic rings. The lowest BCUT2D eigenvalue weighted by Gasteiger charge is -2.25. The fourth-order valence-corrected chi connectivity index (χ4v) is 4.84. The summed E-state index contributed by atoms with van der Waals surface area (Å²) in [5.41, 5.74) is 0.670. The second-order valence-electron chi connectivity index (χ2n) is 8.83. The Kier molecular flexibility index (Phi) is 4.38. The smallest absolute Gasteiger partial charge is 0.129 e. The van der Waals surface area contributed by atoms with Gasteiger partial charge in [0.05, 0.1) is 0 Å². The van der Waals surface area contributed by atoms with Gasteiger partial charge in [0.15, 0.2) is 0 Å². The van der Waals surface area contributed by atoms with Gasteiger partial charge < -0.3 is 0 Å². The maximum atomic E-state index is 14.1. The van der Waals surface area contributed by atoms with E-state index in [9.17, 15) is 13.2 Å². The third-order valence-electron chi connectivity index (χ3n) is 7.07. The van der Waals surface area contributed by atoms with E-state index in [1.807, 2.05) is 0 Å². The van der Waals surface area contributed by atoms with Gasteiger partial charge in [-0.1, -0.05) is 13.0 Å². The van der Waals surface area contributed by atoms with Gasteiger partial charge in [0.1, 0.15) is 17.8 Å². The van der Waals surface area contributed by atoms with Crippen LogP contribution in [0.25, 0.3) is 0 Å². The molecule has 1 saturated heterocycles. The summed E-state index contributed by atoms with van der Waals surface area (Å²) in [6.07, 6.45) is 4.63. The molecule has 4 heteroatoms. The molecule has 3 aliphatic rings. The van der Waals surface area contributed by atoms with Crippen molar-refractivity contribution in [2.24, 2.45) is 17.3 Å². The zero-order valence-corrected chi connectivity index (χ0v) is 15.1. The van der Waals surface area contributed by atoms with E-state index in [0.29, 0.717) is 30.0 Å². The van der Waals surface area contributed by atoms with Gasteiger partial charge in [-0.2, -0.15) is 0 Å². The van der Waals surface area contributed by atoms with Crippen LogP contribution in [0.2, 0.25) is 0 Å². The molecule has 1 aromatic carbocycles. The zero-order chi connectivity index (χ0) is 17.8. The van der Waals surface area contributed by atoms with E-state index in [0.717, 1.165) is 44.7 Å². The van der Waals surface area contributed by atoms with Gasteiger partial charge in [0.2, 0.25) is 0 Å². The third-order valence-corrected chi connectivity index (χ3v) is 7.07. The molecule has 0 amide bonds. The molecule has 1 nitrogen and oxygen atoms in total. The number of likely N-dealkylation sites (tertiary alicyclic amines) is 1. The Morgan fingerprint density at radius 3 is 2.60 bits per heavy atom. The highest BCUT2D eigenvalue weighted by molar-refractivity contribution is 5.28. The van der Waals surface area contributed by atoms with Crippen molar-refractivity contribution in [2.75, 3.05) is 13.1 Å². The molecule has 1 heterocycles. The monoisotopic (exact) mass is 351 g/mol. The van der Waals surface area contributed by atoms with Crippen LogP contribution in [0.3, 0.4) is 0 Å². The van der Waals surface area contributed by atoms with Crippen molar-refractivity contribution in [1.29, 1.82) is 0 Å². The Hall–Kier alpha value is -1.03. The highest BCUT2D eigenvalue weighted by atomic mass is 19.1. The second kappa shape index (κ2) is 6.29. The van der Waals surface area contributed by atoms with Crippen LogP contribution in [0.1, 0.15) is 57.4 Å². The van der Waals surface area contributed by atoms with Crippen molar-refractivity contribution >= 4 is 0 Å². The van der Waals surface area contributed by atoms with Crippen LogP contribution < -0.4 is 0 Å². The summed E-state index contributed by atoms with van der Waals surface area (Å²) in [7, 11) is 0. The normalized spacial score (nSPS) is 32.8. The van der Waals surface area contributed by atoms with Crippen molar-refractivity contribution in [3.63, 3.8) is 0 Å². The molecule has 3 fully saturated rings. The molecule has 2 aliphatic carbocycles. The number of hydrogen-bond acceptors (Lipinski definition) is 1. The van der Waals surface area contributed by atoms with Crippen LogP contribution in [0.5, 0.6) is 0 Å². The first-order valence-electron chi connectivity index (χ1n) is 9.73. The van der Waals surface area contributed by atoms with E-state index in [1.54, 1.807) is 6.07 Å². The predicted molar refractivity (Wildman–Crippen MR) is 93.2 cm³/mol. The number of benzene rings is 1. The van der Waals surface area contributed by atoms with Gasteiger partial charge in [0.25, 0.3) is 0 Å². The minimum absolute atomic E-state index is 0.00156. The molecule has 25 heavy (non-hydrogen) atoms. The highest BCUT2D eigenvalue weighted by Gasteiger charge is 2.56. The Morgan fingerprint density at radius 1 is 1.20 bits per heavy atom. The molecule has 0 radical (unpaired) electrons. The topological polar surface area (TPSA) is 3.24 Å². The van der Waals surface area contributed by atoms with Gasteiger partial charge in [-0.3, -0.25) is 4.90 Å². The number of rotatable bonds is 6. The van der Waals surface area contributed by atoms with E-state index in [2.05, 4.69) is 18.7 Å². The van der Waals surface area contributed by atoms with Crippen LogP contribution in [-0.4, -0.2) is 30.2 Å². The van der Waals surface area contributed by atoms with E-state index in [-0.39, 0.29) is 11.3 Å². The summed E-state index contributed by atoms with van der Waals surface area (Å²) < 4.78 is 41.1. The van der Waals surface area contributed by atoms with E-state index >= 15 is 0 Å². The summed E-state index contributed by atoms with van der Waals surface area (Å²) in [6, 6.07) is 4.37. The fourth-order valence-electron chi connectivity index (χ4n) is 4.84. The van der Waals surface area contributed by atoms with Gasteiger partial charge >= 0.3 is 0 Å². The zero-order valence-electron chi connectivity index (χ0n) is 15.1. The van der Waals surface area contributed by atoms with Crippen molar-refractivity contribution in [3.8, 4) is 0 Å². The first-order chi connectivity index (χ1) is 11.9. The average molecular weight is 351 g/mol. The summed E-state index contributed by atoms with van der Waals surface area (Å²) in [6.45, 7) is 5.98. The molecule has 5 atom stereocenters. The average Bonchev–Trinajstić information content (AvgIpc) is 3.45. The Balaban J connectivity index is 1.26. The van der Waals surface area contributed by atoms with E-state index in [1.165, 1.54) is 6.07 Å². The molecule has 4 rings (SSSR count). The molecule has 1 aliphatic heterocycles.